The van der Waals surface area contributed by atoms with E-state index < -0.39 is 5.41 Å². The van der Waals surface area contributed by atoms with Gasteiger partial charge in [-0.15, -0.1) is 0 Å². The van der Waals surface area contributed by atoms with Crippen molar-refractivity contribution in [3.05, 3.63) is 204 Å². The number of rotatable bonds is 4. The van der Waals surface area contributed by atoms with Crippen molar-refractivity contribution in [2.45, 2.75) is 5.41 Å². The summed E-state index contributed by atoms with van der Waals surface area (Å²) in [4.78, 5) is 19.7. The minimum atomic E-state index is -0.600. The van der Waals surface area contributed by atoms with Gasteiger partial charge in [-0.25, -0.2) is 15.0 Å². The van der Waals surface area contributed by atoms with Crippen LogP contribution < -0.4 is 4.74 Å². The van der Waals surface area contributed by atoms with E-state index in [1.165, 1.54) is 22.3 Å². The van der Waals surface area contributed by atoms with Crippen molar-refractivity contribution in [3.8, 4) is 67.9 Å². The Morgan fingerprint density at radius 2 is 0.889 bits per heavy atom. The highest BCUT2D eigenvalue weighted by Gasteiger charge is 2.51. The molecule has 0 fully saturated rings. The van der Waals surface area contributed by atoms with Gasteiger partial charge >= 0.3 is 0 Å². The Morgan fingerprint density at radius 1 is 0.370 bits per heavy atom. The molecular weight excluding hydrogens is 661 g/mol. The number of ether oxygens (including phenoxy) is 1. The summed E-state index contributed by atoms with van der Waals surface area (Å²) in [5.41, 5.74) is 12.4. The zero-order chi connectivity index (χ0) is 35.6. The van der Waals surface area contributed by atoms with E-state index in [0.717, 1.165) is 61.3 Å². The zero-order valence-electron chi connectivity index (χ0n) is 29.0. The molecule has 1 aliphatic carbocycles. The highest BCUT2D eigenvalue weighted by molar-refractivity contribution is 5.96. The van der Waals surface area contributed by atoms with E-state index in [2.05, 4.69) is 114 Å². The summed E-state index contributed by atoms with van der Waals surface area (Å²) in [6.07, 6.45) is 1.84. The molecule has 1 spiro atoms. The molecule has 0 N–H and O–H groups in total. The van der Waals surface area contributed by atoms with Gasteiger partial charge in [-0.1, -0.05) is 152 Å². The molecule has 0 saturated carbocycles. The first kappa shape index (κ1) is 30.4. The molecule has 0 radical (unpaired) electrons. The molecule has 11 rings (SSSR count). The first-order valence-corrected chi connectivity index (χ1v) is 18.1. The molecule has 54 heavy (non-hydrogen) atoms. The van der Waals surface area contributed by atoms with E-state index in [-0.39, 0.29) is 0 Å². The molecule has 1 aliphatic heterocycles. The smallest absolute Gasteiger partial charge is 0.164 e. The second kappa shape index (κ2) is 11.9. The highest BCUT2D eigenvalue weighted by atomic mass is 16.5. The van der Waals surface area contributed by atoms with Crippen LogP contribution in [0, 0.1) is 0 Å². The van der Waals surface area contributed by atoms with Crippen LogP contribution in [0.3, 0.4) is 0 Å². The van der Waals surface area contributed by atoms with Crippen molar-refractivity contribution in [2.24, 2.45) is 0 Å². The molecule has 0 atom stereocenters. The number of benzene rings is 7. The minimum Gasteiger partial charge on any atom is -0.457 e. The fourth-order valence-electron chi connectivity index (χ4n) is 8.51. The zero-order valence-corrected chi connectivity index (χ0v) is 29.0. The Balaban J connectivity index is 1.15. The van der Waals surface area contributed by atoms with Gasteiger partial charge in [-0.2, -0.15) is 0 Å². The van der Waals surface area contributed by atoms with Crippen LogP contribution in [-0.4, -0.2) is 19.9 Å². The third kappa shape index (κ3) is 4.52. The molecule has 0 bridgehead atoms. The van der Waals surface area contributed by atoms with Crippen LogP contribution >= 0.6 is 0 Å². The Kier molecular flexibility index (Phi) is 6.70. The molecule has 0 saturated heterocycles. The molecule has 0 unspecified atom stereocenters. The van der Waals surface area contributed by atoms with Gasteiger partial charge in [0.25, 0.3) is 0 Å². The molecular formula is C49H30N4O. The summed E-state index contributed by atoms with van der Waals surface area (Å²) < 4.78 is 7.07. The lowest BCUT2D eigenvalue weighted by molar-refractivity contribution is 0.437. The summed E-state index contributed by atoms with van der Waals surface area (Å²) in [6.45, 7) is 0. The van der Waals surface area contributed by atoms with E-state index in [4.69, 9.17) is 19.7 Å². The molecule has 2 aromatic heterocycles. The van der Waals surface area contributed by atoms with Gasteiger partial charge in [0.2, 0.25) is 0 Å². The first-order chi connectivity index (χ1) is 26.8. The lowest BCUT2D eigenvalue weighted by atomic mass is 9.66. The fourth-order valence-corrected chi connectivity index (χ4v) is 8.51. The minimum absolute atomic E-state index is 0.582. The molecule has 252 valence electrons. The predicted octanol–water partition coefficient (Wildman–Crippen LogP) is 11.6. The lowest BCUT2D eigenvalue weighted by Crippen LogP contribution is -2.32. The molecule has 7 aromatic carbocycles. The first-order valence-electron chi connectivity index (χ1n) is 18.1. The molecule has 5 heteroatoms. The van der Waals surface area contributed by atoms with Crippen molar-refractivity contribution in [2.75, 3.05) is 0 Å². The van der Waals surface area contributed by atoms with Crippen LogP contribution in [0.25, 0.3) is 67.3 Å². The lowest BCUT2D eigenvalue weighted by Gasteiger charge is -2.39. The molecule has 0 amide bonds. The average Bonchev–Trinajstić information content (AvgIpc) is 3.54. The second-order valence-corrected chi connectivity index (χ2v) is 13.8. The Hall–Kier alpha value is -7.24. The van der Waals surface area contributed by atoms with Crippen molar-refractivity contribution in [3.63, 3.8) is 0 Å². The predicted molar refractivity (Wildman–Crippen MR) is 214 cm³/mol. The van der Waals surface area contributed by atoms with E-state index in [1.54, 1.807) is 0 Å². The third-order valence-electron chi connectivity index (χ3n) is 10.9. The van der Waals surface area contributed by atoms with Crippen LogP contribution in [-0.2, 0) is 5.41 Å². The van der Waals surface area contributed by atoms with E-state index in [9.17, 15) is 0 Å². The Labute approximate surface area is 312 Å². The van der Waals surface area contributed by atoms with Crippen molar-refractivity contribution in [1.82, 2.24) is 19.9 Å². The van der Waals surface area contributed by atoms with Gasteiger partial charge < -0.3 is 4.74 Å². The van der Waals surface area contributed by atoms with Gasteiger partial charge in [0, 0.05) is 39.4 Å². The van der Waals surface area contributed by atoms with Gasteiger partial charge in [0.15, 0.2) is 17.5 Å². The van der Waals surface area contributed by atoms with Crippen LogP contribution in [0.15, 0.2) is 182 Å². The van der Waals surface area contributed by atoms with Crippen molar-refractivity contribution < 1.29 is 4.74 Å². The maximum atomic E-state index is 7.07. The maximum absolute atomic E-state index is 7.07. The van der Waals surface area contributed by atoms with E-state index in [1.807, 2.05) is 72.9 Å². The van der Waals surface area contributed by atoms with Crippen molar-refractivity contribution >= 4 is 10.9 Å². The highest BCUT2D eigenvalue weighted by Crippen LogP contribution is 2.62. The number of fused-ring (bicyclic) bond motifs is 10. The topological polar surface area (TPSA) is 60.8 Å². The molecule has 9 aromatic rings. The van der Waals surface area contributed by atoms with Gasteiger partial charge in [-0.05, 0) is 57.6 Å². The molecule has 3 heterocycles. The largest absolute Gasteiger partial charge is 0.457 e. The average molecular weight is 691 g/mol. The fraction of sp³-hybridized carbons (Fsp3) is 0.0204. The number of pyridine rings is 1. The monoisotopic (exact) mass is 690 g/mol. The molecule has 2 aliphatic rings. The van der Waals surface area contributed by atoms with Gasteiger partial charge in [-0.3, -0.25) is 4.98 Å². The number of nitrogens with zero attached hydrogens (tertiary/aromatic N) is 4. The van der Waals surface area contributed by atoms with Crippen LogP contribution in [0.5, 0.6) is 11.5 Å². The van der Waals surface area contributed by atoms with Crippen LogP contribution in [0.1, 0.15) is 22.3 Å². The standard InChI is InChI=1S/C49H30N4O/c1-3-13-31(14-4-1)46-51-47(32-15-5-2-6-16-32)53-48(52-46)34-25-27-42-45(30-34)54-44-29-33(35-19-11-23-43-38(35)20-12-28-50-43)24-26-41(44)49(42)39-21-9-7-17-36(39)37-18-8-10-22-40(37)49/h1-30H. The maximum Gasteiger partial charge on any atom is 0.164 e. The van der Waals surface area contributed by atoms with Crippen LogP contribution in [0.4, 0.5) is 0 Å². The quantitative estimate of drug-likeness (QED) is 0.184. The summed E-state index contributed by atoms with van der Waals surface area (Å²) in [5, 5.41) is 1.10. The number of hydrogen-bond donors (Lipinski definition) is 0. The van der Waals surface area contributed by atoms with E-state index in [0.29, 0.717) is 17.5 Å². The normalized spacial score (nSPS) is 13.1. The molecule has 5 nitrogen and oxygen atoms in total. The third-order valence-corrected chi connectivity index (χ3v) is 10.9. The Bertz CT molecular complexity index is 2810. The van der Waals surface area contributed by atoms with E-state index >= 15 is 0 Å². The number of aromatic nitrogens is 4. The summed E-state index contributed by atoms with van der Waals surface area (Å²) in [6, 6.07) is 61.3. The second-order valence-electron chi connectivity index (χ2n) is 13.8. The van der Waals surface area contributed by atoms with Crippen LogP contribution in [0.2, 0.25) is 0 Å². The Morgan fingerprint density at radius 3 is 1.52 bits per heavy atom. The SMILES string of the molecule is c1ccc(-c2nc(-c3ccccc3)nc(-c3ccc4c(c3)Oc3cc(-c5cccc6ncccc56)ccc3C43c4ccccc4-c4ccccc43)n2)cc1. The summed E-state index contributed by atoms with van der Waals surface area (Å²) >= 11 is 0. The van der Waals surface area contributed by atoms with Crippen molar-refractivity contribution in [1.29, 1.82) is 0 Å². The van der Waals surface area contributed by atoms with Gasteiger partial charge in [0.1, 0.15) is 11.5 Å². The summed E-state index contributed by atoms with van der Waals surface area (Å²) in [7, 11) is 0. The summed E-state index contributed by atoms with van der Waals surface area (Å²) in [5.74, 6) is 3.40. The van der Waals surface area contributed by atoms with Gasteiger partial charge in [0.05, 0.1) is 10.9 Å². The number of hydrogen-bond acceptors (Lipinski definition) is 5.